The summed E-state index contributed by atoms with van der Waals surface area (Å²) in [6, 6.07) is 12.0. The van der Waals surface area contributed by atoms with E-state index >= 15 is 0 Å². The molecule has 0 saturated heterocycles. The van der Waals surface area contributed by atoms with Gasteiger partial charge in [0, 0.05) is 29.0 Å². The summed E-state index contributed by atoms with van der Waals surface area (Å²) in [7, 11) is 0. The average molecular weight is 389 g/mol. The van der Waals surface area contributed by atoms with Gasteiger partial charge < -0.3 is 10.6 Å². The molecule has 0 spiro atoms. The van der Waals surface area contributed by atoms with Crippen LogP contribution in [-0.4, -0.2) is 15.9 Å². The van der Waals surface area contributed by atoms with Gasteiger partial charge in [0.1, 0.15) is 5.69 Å². The Hall–Kier alpha value is -3.06. The van der Waals surface area contributed by atoms with Crippen molar-refractivity contribution in [2.75, 3.05) is 5.32 Å². The lowest BCUT2D eigenvalue weighted by atomic mass is 10.2. The van der Waals surface area contributed by atoms with E-state index in [0.29, 0.717) is 17.3 Å². The Bertz CT molecular complexity index is 980. The first-order chi connectivity index (χ1) is 12.9. The summed E-state index contributed by atoms with van der Waals surface area (Å²) in [5, 5.41) is 6.14. The van der Waals surface area contributed by atoms with Crippen LogP contribution >= 0.6 is 11.6 Å². The maximum absolute atomic E-state index is 13.3. The van der Waals surface area contributed by atoms with Crippen LogP contribution in [-0.2, 0) is 6.54 Å². The van der Waals surface area contributed by atoms with Gasteiger partial charge >= 0.3 is 0 Å². The number of hydrogen-bond acceptors (Lipinski definition) is 4. The van der Waals surface area contributed by atoms with E-state index in [9.17, 15) is 13.6 Å². The van der Waals surface area contributed by atoms with Gasteiger partial charge in [0.25, 0.3) is 5.91 Å². The molecular formula is C19H15ClF2N4O. The number of nitrogens with one attached hydrogen (secondary N) is 2. The van der Waals surface area contributed by atoms with Crippen molar-refractivity contribution in [2.24, 2.45) is 0 Å². The fourth-order valence-electron chi connectivity index (χ4n) is 2.32. The van der Waals surface area contributed by atoms with E-state index in [2.05, 4.69) is 20.6 Å². The monoisotopic (exact) mass is 388 g/mol. The molecular weight excluding hydrogens is 374 g/mol. The highest BCUT2D eigenvalue weighted by atomic mass is 35.5. The third-order valence-electron chi connectivity index (χ3n) is 3.63. The van der Waals surface area contributed by atoms with Gasteiger partial charge in [-0.2, -0.15) is 0 Å². The van der Waals surface area contributed by atoms with E-state index in [1.54, 1.807) is 19.1 Å². The van der Waals surface area contributed by atoms with Crippen LogP contribution in [0, 0.1) is 18.6 Å². The van der Waals surface area contributed by atoms with Crippen molar-refractivity contribution in [3.05, 3.63) is 82.1 Å². The first kappa shape index (κ1) is 18.7. The molecule has 1 aromatic heterocycles. The molecule has 27 heavy (non-hydrogen) atoms. The largest absolute Gasteiger partial charge is 0.347 e. The maximum atomic E-state index is 13.3. The standard InChI is InChI=1S/C19H15ClF2N4O/c1-11-8-17(18(27)23-10-12-2-4-13(20)5-3-12)26-19(24-11)25-14-6-7-15(21)16(22)9-14/h2-9H,10H2,1H3,(H,23,27)(H,24,25,26). The first-order valence-electron chi connectivity index (χ1n) is 8.01. The van der Waals surface area contributed by atoms with E-state index in [1.807, 2.05) is 12.1 Å². The van der Waals surface area contributed by atoms with Gasteiger partial charge in [-0.25, -0.2) is 18.7 Å². The second kappa shape index (κ2) is 8.09. The smallest absolute Gasteiger partial charge is 0.270 e. The summed E-state index contributed by atoms with van der Waals surface area (Å²) >= 11 is 5.83. The molecule has 1 heterocycles. The topological polar surface area (TPSA) is 66.9 Å². The Kier molecular flexibility index (Phi) is 5.61. The van der Waals surface area contributed by atoms with Gasteiger partial charge in [-0.05, 0) is 42.8 Å². The number of hydrogen-bond donors (Lipinski definition) is 2. The minimum absolute atomic E-state index is 0.109. The lowest BCUT2D eigenvalue weighted by molar-refractivity contribution is 0.0945. The second-order valence-corrected chi connectivity index (χ2v) is 6.22. The molecule has 0 aliphatic heterocycles. The van der Waals surface area contributed by atoms with Crippen LogP contribution in [0.2, 0.25) is 5.02 Å². The molecule has 2 N–H and O–H groups in total. The van der Waals surface area contributed by atoms with Crippen molar-refractivity contribution in [1.82, 2.24) is 15.3 Å². The number of carbonyl (C=O) groups is 1. The molecule has 138 valence electrons. The number of carbonyl (C=O) groups excluding carboxylic acids is 1. The maximum Gasteiger partial charge on any atom is 0.270 e. The molecule has 0 aliphatic carbocycles. The van der Waals surface area contributed by atoms with E-state index in [-0.39, 0.29) is 23.2 Å². The van der Waals surface area contributed by atoms with Crippen molar-refractivity contribution in [3.8, 4) is 0 Å². The minimum Gasteiger partial charge on any atom is -0.347 e. The van der Waals surface area contributed by atoms with Crippen LogP contribution in [0.15, 0.2) is 48.5 Å². The molecule has 0 atom stereocenters. The van der Waals surface area contributed by atoms with E-state index in [4.69, 9.17) is 11.6 Å². The number of nitrogens with zero attached hydrogens (tertiary/aromatic N) is 2. The normalized spacial score (nSPS) is 10.5. The van der Waals surface area contributed by atoms with E-state index < -0.39 is 11.6 Å². The summed E-state index contributed by atoms with van der Waals surface area (Å²) in [5.41, 5.74) is 1.86. The molecule has 0 bridgehead atoms. The molecule has 1 amide bonds. The lowest BCUT2D eigenvalue weighted by Gasteiger charge is -2.09. The number of benzene rings is 2. The Labute approximate surface area is 159 Å². The van der Waals surface area contributed by atoms with Crippen molar-refractivity contribution in [1.29, 1.82) is 0 Å². The van der Waals surface area contributed by atoms with Gasteiger partial charge in [0.05, 0.1) is 0 Å². The number of anilines is 2. The Morgan fingerprint density at radius 3 is 2.48 bits per heavy atom. The zero-order chi connectivity index (χ0) is 19.4. The van der Waals surface area contributed by atoms with Crippen LogP contribution in [0.25, 0.3) is 0 Å². The van der Waals surface area contributed by atoms with Gasteiger partial charge in [0.2, 0.25) is 5.95 Å². The SMILES string of the molecule is Cc1cc(C(=O)NCc2ccc(Cl)cc2)nc(Nc2ccc(F)c(F)c2)n1. The number of aryl methyl sites for hydroxylation is 1. The Morgan fingerprint density at radius 1 is 1.04 bits per heavy atom. The molecule has 0 saturated carbocycles. The highest BCUT2D eigenvalue weighted by molar-refractivity contribution is 6.30. The van der Waals surface area contributed by atoms with Gasteiger partial charge in [-0.15, -0.1) is 0 Å². The fraction of sp³-hybridized carbons (Fsp3) is 0.105. The van der Waals surface area contributed by atoms with E-state index in [0.717, 1.165) is 17.7 Å². The van der Waals surface area contributed by atoms with Crippen LogP contribution in [0.5, 0.6) is 0 Å². The predicted molar refractivity (Wildman–Crippen MR) is 99.0 cm³/mol. The molecule has 3 aromatic rings. The van der Waals surface area contributed by atoms with Crippen molar-refractivity contribution >= 4 is 29.1 Å². The minimum atomic E-state index is -0.992. The lowest BCUT2D eigenvalue weighted by Crippen LogP contribution is -2.24. The van der Waals surface area contributed by atoms with Gasteiger partial charge in [-0.3, -0.25) is 4.79 Å². The predicted octanol–water partition coefficient (Wildman–Crippen LogP) is 4.39. The molecule has 2 aromatic carbocycles. The van der Waals surface area contributed by atoms with Gasteiger partial charge in [-0.1, -0.05) is 23.7 Å². The summed E-state index contributed by atoms with van der Waals surface area (Å²) in [6.45, 7) is 2.01. The van der Waals surface area contributed by atoms with Crippen molar-refractivity contribution < 1.29 is 13.6 Å². The summed E-state index contributed by atoms with van der Waals surface area (Å²) < 4.78 is 26.4. The zero-order valence-corrected chi connectivity index (χ0v) is 15.0. The molecule has 0 aliphatic rings. The Morgan fingerprint density at radius 2 is 1.78 bits per heavy atom. The van der Waals surface area contributed by atoms with Crippen molar-refractivity contribution in [3.63, 3.8) is 0 Å². The van der Waals surface area contributed by atoms with Crippen LogP contribution < -0.4 is 10.6 Å². The van der Waals surface area contributed by atoms with Crippen molar-refractivity contribution in [2.45, 2.75) is 13.5 Å². The third kappa shape index (κ3) is 4.98. The average Bonchev–Trinajstić information content (AvgIpc) is 2.63. The summed E-state index contributed by atoms with van der Waals surface area (Å²) in [4.78, 5) is 20.7. The highest BCUT2D eigenvalue weighted by Gasteiger charge is 2.11. The van der Waals surface area contributed by atoms with Gasteiger partial charge in [0.15, 0.2) is 11.6 Å². The summed E-state index contributed by atoms with van der Waals surface area (Å²) in [6.07, 6.45) is 0. The highest BCUT2D eigenvalue weighted by Crippen LogP contribution is 2.17. The molecule has 8 heteroatoms. The van der Waals surface area contributed by atoms with Crippen LogP contribution in [0.4, 0.5) is 20.4 Å². The fourth-order valence-corrected chi connectivity index (χ4v) is 2.44. The molecule has 0 fully saturated rings. The third-order valence-corrected chi connectivity index (χ3v) is 3.88. The Balaban J connectivity index is 1.72. The van der Waals surface area contributed by atoms with E-state index in [1.165, 1.54) is 12.1 Å². The number of halogens is 3. The second-order valence-electron chi connectivity index (χ2n) is 5.78. The van der Waals surface area contributed by atoms with Crippen LogP contribution in [0.3, 0.4) is 0 Å². The molecule has 0 radical (unpaired) electrons. The van der Waals surface area contributed by atoms with Crippen LogP contribution in [0.1, 0.15) is 21.7 Å². The number of amides is 1. The number of aromatic nitrogens is 2. The quantitative estimate of drug-likeness (QED) is 0.680. The molecule has 5 nitrogen and oxygen atoms in total. The first-order valence-corrected chi connectivity index (χ1v) is 8.39. The molecule has 3 rings (SSSR count). The molecule has 0 unspecified atom stereocenters. The summed E-state index contributed by atoms with van der Waals surface area (Å²) in [5.74, 6) is -2.22. The number of rotatable bonds is 5. The zero-order valence-electron chi connectivity index (χ0n) is 14.3.